The number of carbonyl (C=O) groups excluding carboxylic acids is 1. The number of amides is 1. The van der Waals surface area contributed by atoms with Gasteiger partial charge < -0.3 is 15.7 Å². The maximum absolute atomic E-state index is 12.2. The van der Waals surface area contributed by atoms with E-state index in [2.05, 4.69) is 10.3 Å². The molecule has 0 saturated carbocycles. The van der Waals surface area contributed by atoms with Crippen LogP contribution in [0.5, 0.6) is 0 Å². The van der Waals surface area contributed by atoms with Crippen LogP contribution in [0, 0.1) is 5.92 Å². The van der Waals surface area contributed by atoms with Gasteiger partial charge in [-0.05, 0) is 12.8 Å². The summed E-state index contributed by atoms with van der Waals surface area (Å²) in [5, 5.41) is 16.6. The molecule has 1 saturated heterocycles. The van der Waals surface area contributed by atoms with Gasteiger partial charge in [0.15, 0.2) is 5.69 Å². The van der Waals surface area contributed by atoms with E-state index in [0.717, 1.165) is 0 Å². The summed E-state index contributed by atoms with van der Waals surface area (Å²) in [7, 11) is 0. The fourth-order valence-electron chi connectivity index (χ4n) is 2.16. The second kappa shape index (κ2) is 5.79. The summed E-state index contributed by atoms with van der Waals surface area (Å²) >= 11 is 0. The molecule has 1 aliphatic rings. The van der Waals surface area contributed by atoms with Crippen molar-refractivity contribution < 1.29 is 14.7 Å². The van der Waals surface area contributed by atoms with Gasteiger partial charge in [0, 0.05) is 19.6 Å². The lowest BCUT2D eigenvalue weighted by Crippen LogP contribution is -2.42. The van der Waals surface area contributed by atoms with Gasteiger partial charge in [-0.25, -0.2) is 0 Å². The highest BCUT2D eigenvalue weighted by Gasteiger charge is 2.29. The molecule has 1 unspecified atom stereocenters. The summed E-state index contributed by atoms with van der Waals surface area (Å²) in [5.74, 6) is -1.62. The van der Waals surface area contributed by atoms with E-state index >= 15 is 0 Å². The summed E-state index contributed by atoms with van der Waals surface area (Å²) in [6.07, 6.45) is 2.85. The third kappa shape index (κ3) is 3.08. The molecule has 104 valence electrons. The second-order valence-corrected chi connectivity index (χ2v) is 4.58. The van der Waals surface area contributed by atoms with E-state index in [9.17, 15) is 9.59 Å². The highest BCUT2D eigenvalue weighted by Crippen LogP contribution is 2.18. The third-order valence-electron chi connectivity index (χ3n) is 3.17. The molecule has 1 amide bonds. The van der Waals surface area contributed by atoms with Crippen LogP contribution in [0.4, 0.5) is 0 Å². The van der Waals surface area contributed by atoms with Crippen molar-refractivity contribution in [3.63, 3.8) is 0 Å². The van der Waals surface area contributed by atoms with Crippen molar-refractivity contribution in [3.8, 4) is 0 Å². The molecule has 3 N–H and O–H groups in total. The first kappa shape index (κ1) is 13.5. The third-order valence-corrected chi connectivity index (χ3v) is 3.17. The number of carbonyl (C=O) groups is 2. The lowest BCUT2D eigenvalue weighted by molar-refractivity contribution is -0.143. The van der Waals surface area contributed by atoms with Gasteiger partial charge in [0.2, 0.25) is 0 Å². The molecule has 19 heavy (non-hydrogen) atoms. The monoisotopic (exact) mass is 267 g/mol. The number of piperidine rings is 1. The zero-order chi connectivity index (χ0) is 13.8. The number of likely N-dealkylation sites (tertiary alicyclic amines) is 1. The molecule has 0 spiro atoms. The minimum atomic E-state index is -0.857. The normalized spacial score (nSPS) is 19.4. The Morgan fingerprint density at radius 3 is 3.00 bits per heavy atom. The summed E-state index contributed by atoms with van der Waals surface area (Å²) in [5.41, 5.74) is 5.63. The average Bonchev–Trinajstić information content (AvgIpc) is 2.87. The molecular weight excluding hydrogens is 250 g/mol. The van der Waals surface area contributed by atoms with Gasteiger partial charge in [-0.15, -0.1) is 5.10 Å². The number of carboxylic acids is 1. The van der Waals surface area contributed by atoms with Crippen LogP contribution in [0.15, 0.2) is 6.20 Å². The summed E-state index contributed by atoms with van der Waals surface area (Å²) in [6, 6.07) is 0. The number of rotatable bonds is 4. The van der Waals surface area contributed by atoms with E-state index < -0.39 is 11.9 Å². The predicted molar refractivity (Wildman–Crippen MR) is 65.3 cm³/mol. The molecule has 2 rings (SSSR count). The van der Waals surface area contributed by atoms with E-state index in [4.69, 9.17) is 10.8 Å². The minimum absolute atomic E-state index is 0.234. The average molecular weight is 267 g/mol. The smallest absolute Gasteiger partial charge is 0.308 e. The molecule has 8 heteroatoms. The number of hydrogen-bond acceptors (Lipinski definition) is 5. The van der Waals surface area contributed by atoms with Gasteiger partial charge in [-0.2, -0.15) is 0 Å². The van der Waals surface area contributed by atoms with Crippen molar-refractivity contribution in [1.82, 2.24) is 19.9 Å². The number of hydrogen-bond donors (Lipinski definition) is 2. The molecule has 0 aromatic carbocycles. The van der Waals surface area contributed by atoms with Crippen molar-refractivity contribution in [2.75, 3.05) is 19.6 Å². The van der Waals surface area contributed by atoms with Crippen molar-refractivity contribution >= 4 is 11.9 Å². The first-order valence-electron chi connectivity index (χ1n) is 6.24. The predicted octanol–water partition coefficient (Wildman–Crippen LogP) is -0.826. The van der Waals surface area contributed by atoms with Crippen LogP contribution < -0.4 is 5.73 Å². The van der Waals surface area contributed by atoms with Crippen molar-refractivity contribution in [2.45, 2.75) is 19.4 Å². The summed E-state index contributed by atoms with van der Waals surface area (Å²) in [4.78, 5) is 24.7. The molecule has 2 heterocycles. The number of aliphatic carboxylic acids is 1. The standard InChI is InChI=1S/C11H17N5O3/c12-3-5-16-7-9(13-14-16)10(17)15-4-1-2-8(6-15)11(18)19/h7-8H,1-6,12H2,(H,18,19). The summed E-state index contributed by atoms with van der Waals surface area (Å²) in [6.45, 7) is 1.71. The molecular formula is C11H17N5O3. The number of nitrogens with zero attached hydrogens (tertiary/aromatic N) is 4. The van der Waals surface area contributed by atoms with Gasteiger partial charge >= 0.3 is 5.97 Å². The molecule has 1 aliphatic heterocycles. The molecule has 0 bridgehead atoms. The van der Waals surface area contributed by atoms with E-state index in [1.165, 1.54) is 9.58 Å². The van der Waals surface area contributed by atoms with Gasteiger partial charge in [0.25, 0.3) is 5.91 Å². The van der Waals surface area contributed by atoms with Crippen molar-refractivity contribution in [3.05, 3.63) is 11.9 Å². The molecule has 1 aromatic rings. The minimum Gasteiger partial charge on any atom is -0.481 e. The molecule has 0 aliphatic carbocycles. The van der Waals surface area contributed by atoms with Crippen LogP contribution in [0.2, 0.25) is 0 Å². The van der Waals surface area contributed by atoms with Crippen molar-refractivity contribution in [2.24, 2.45) is 11.7 Å². The van der Waals surface area contributed by atoms with Gasteiger partial charge in [0.05, 0.1) is 18.7 Å². The van der Waals surface area contributed by atoms with Crippen LogP contribution in [-0.2, 0) is 11.3 Å². The number of carboxylic acid groups (broad SMARTS) is 1. The molecule has 0 radical (unpaired) electrons. The number of aromatic nitrogens is 3. The van der Waals surface area contributed by atoms with Crippen LogP contribution in [-0.4, -0.2) is 56.5 Å². The Bertz CT molecular complexity index is 473. The van der Waals surface area contributed by atoms with E-state index in [0.29, 0.717) is 32.5 Å². The van der Waals surface area contributed by atoms with E-state index in [1.807, 2.05) is 0 Å². The Morgan fingerprint density at radius 2 is 2.32 bits per heavy atom. The zero-order valence-electron chi connectivity index (χ0n) is 10.5. The molecule has 1 fully saturated rings. The largest absolute Gasteiger partial charge is 0.481 e. The lowest BCUT2D eigenvalue weighted by atomic mass is 9.98. The lowest BCUT2D eigenvalue weighted by Gasteiger charge is -2.29. The maximum Gasteiger partial charge on any atom is 0.308 e. The fourth-order valence-corrected chi connectivity index (χ4v) is 2.16. The Labute approximate surface area is 110 Å². The van der Waals surface area contributed by atoms with Gasteiger partial charge in [-0.1, -0.05) is 5.21 Å². The topological polar surface area (TPSA) is 114 Å². The Balaban J connectivity index is 2.03. The Kier molecular flexibility index (Phi) is 4.10. The Morgan fingerprint density at radius 1 is 1.53 bits per heavy atom. The number of nitrogens with two attached hydrogens (primary N) is 1. The first-order valence-corrected chi connectivity index (χ1v) is 6.24. The highest BCUT2D eigenvalue weighted by molar-refractivity contribution is 5.92. The van der Waals surface area contributed by atoms with Crippen LogP contribution in [0.3, 0.4) is 0 Å². The Hall–Kier alpha value is -1.96. The second-order valence-electron chi connectivity index (χ2n) is 4.58. The molecule has 8 nitrogen and oxygen atoms in total. The first-order chi connectivity index (χ1) is 9.11. The highest BCUT2D eigenvalue weighted by atomic mass is 16.4. The van der Waals surface area contributed by atoms with Gasteiger partial charge in [0.1, 0.15) is 0 Å². The maximum atomic E-state index is 12.2. The summed E-state index contributed by atoms with van der Waals surface area (Å²) < 4.78 is 1.51. The van der Waals surface area contributed by atoms with Crippen LogP contribution >= 0.6 is 0 Å². The van der Waals surface area contributed by atoms with Crippen LogP contribution in [0.1, 0.15) is 23.3 Å². The molecule has 1 atom stereocenters. The van der Waals surface area contributed by atoms with Crippen LogP contribution in [0.25, 0.3) is 0 Å². The zero-order valence-corrected chi connectivity index (χ0v) is 10.5. The quantitative estimate of drug-likeness (QED) is 0.736. The van der Waals surface area contributed by atoms with E-state index in [1.54, 1.807) is 6.20 Å². The fraction of sp³-hybridized carbons (Fsp3) is 0.636. The van der Waals surface area contributed by atoms with Crippen molar-refractivity contribution in [1.29, 1.82) is 0 Å². The molecule has 1 aromatic heterocycles. The van der Waals surface area contributed by atoms with Gasteiger partial charge in [-0.3, -0.25) is 14.3 Å². The SMILES string of the molecule is NCCn1cc(C(=O)N2CCCC(C(=O)O)C2)nn1. The van der Waals surface area contributed by atoms with E-state index in [-0.39, 0.29) is 18.1 Å².